The molecule has 0 aliphatic carbocycles. The molecule has 0 radical (unpaired) electrons. The third-order valence-electron chi connectivity index (χ3n) is 2.02. The smallest absolute Gasteiger partial charge is 0.390 e. The average Bonchev–Trinajstić information content (AvgIpc) is 2.18. The number of rotatable bonds is 3. The van der Waals surface area contributed by atoms with E-state index in [1.807, 2.05) is 0 Å². The highest BCUT2D eigenvalue weighted by atomic mass is 79.9. The maximum absolute atomic E-state index is 13.2. The predicted molar refractivity (Wildman–Crippen MR) is 63.0 cm³/mol. The van der Waals surface area contributed by atoms with Crippen molar-refractivity contribution in [3.8, 4) is 5.75 Å². The zero-order valence-corrected chi connectivity index (χ0v) is 11.8. The second kappa shape index (κ2) is 5.56. The predicted octanol–water partition coefficient (Wildman–Crippen LogP) is 4.99. The van der Waals surface area contributed by atoms with Gasteiger partial charge < -0.3 is 4.74 Å². The van der Waals surface area contributed by atoms with Crippen molar-refractivity contribution in [3.63, 3.8) is 0 Å². The molecule has 0 saturated heterocycles. The van der Waals surface area contributed by atoms with E-state index in [4.69, 9.17) is 4.74 Å². The lowest BCUT2D eigenvalue weighted by Crippen LogP contribution is -2.11. The Morgan fingerprint density at radius 2 is 1.94 bits per heavy atom. The summed E-state index contributed by atoms with van der Waals surface area (Å²) in [5.41, 5.74) is 0.248. The highest BCUT2D eigenvalue weighted by Crippen LogP contribution is 2.41. The Hall–Kier alpha value is -0.300. The van der Waals surface area contributed by atoms with Crippen molar-refractivity contribution >= 4 is 31.9 Å². The molecular weight excluding hydrogens is 372 g/mol. The van der Waals surface area contributed by atoms with Crippen LogP contribution in [0.5, 0.6) is 5.75 Å². The third kappa shape index (κ3) is 4.13. The molecule has 0 aliphatic heterocycles. The summed E-state index contributed by atoms with van der Waals surface area (Å²) in [6, 6.07) is 2.32. The largest absolute Gasteiger partial charge is 0.496 e. The topological polar surface area (TPSA) is 9.23 Å². The summed E-state index contributed by atoms with van der Waals surface area (Å²) in [5, 5.41) is 0. The van der Waals surface area contributed by atoms with E-state index in [1.54, 1.807) is 0 Å². The van der Waals surface area contributed by atoms with Crippen molar-refractivity contribution in [2.75, 3.05) is 7.11 Å². The monoisotopic (exact) mass is 378 g/mol. The molecule has 1 rings (SSSR count). The number of hydrogen-bond acceptors (Lipinski definition) is 1. The minimum absolute atomic E-state index is 0.0804. The van der Waals surface area contributed by atoms with E-state index in [0.29, 0.717) is 0 Å². The molecule has 0 bridgehead atoms. The average molecular weight is 380 g/mol. The van der Waals surface area contributed by atoms with Crippen molar-refractivity contribution in [1.29, 1.82) is 0 Å². The van der Waals surface area contributed by atoms with Gasteiger partial charge in [0.15, 0.2) is 0 Å². The Morgan fingerprint density at radius 1 is 1.35 bits per heavy atom. The first-order valence-corrected chi connectivity index (χ1v) is 6.19. The van der Waals surface area contributed by atoms with E-state index in [0.717, 1.165) is 6.07 Å². The zero-order chi connectivity index (χ0) is 13.2. The first-order valence-electron chi connectivity index (χ1n) is 4.48. The number of alkyl halides is 4. The van der Waals surface area contributed by atoms with Gasteiger partial charge in [0.1, 0.15) is 11.6 Å². The van der Waals surface area contributed by atoms with Crippen molar-refractivity contribution in [2.45, 2.75) is 17.4 Å². The minimum Gasteiger partial charge on any atom is -0.496 e. The number of halogens is 6. The van der Waals surface area contributed by atoms with E-state index in [9.17, 15) is 17.6 Å². The van der Waals surface area contributed by atoms with E-state index in [-0.39, 0.29) is 15.8 Å². The van der Waals surface area contributed by atoms with Crippen LogP contribution < -0.4 is 4.74 Å². The summed E-state index contributed by atoms with van der Waals surface area (Å²) in [6.45, 7) is 0. The van der Waals surface area contributed by atoms with Gasteiger partial charge in [-0.1, -0.05) is 15.9 Å². The van der Waals surface area contributed by atoms with Crippen LogP contribution in [0.4, 0.5) is 17.6 Å². The number of methoxy groups -OCH3 is 1. The van der Waals surface area contributed by atoms with Crippen LogP contribution in [-0.4, -0.2) is 13.3 Å². The van der Waals surface area contributed by atoms with Gasteiger partial charge in [-0.05, 0) is 22.0 Å². The van der Waals surface area contributed by atoms with E-state index < -0.39 is 23.2 Å². The Bertz CT molecular complexity index is 406. The van der Waals surface area contributed by atoms with Gasteiger partial charge in [-0.15, -0.1) is 0 Å². The minimum atomic E-state index is -4.31. The Balaban J connectivity index is 3.08. The third-order valence-corrected chi connectivity index (χ3v) is 3.45. The van der Waals surface area contributed by atoms with Gasteiger partial charge in [0, 0.05) is 11.6 Å². The molecule has 0 fully saturated rings. The van der Waals surface area contributed by atoms with Crippen LogP contribution >= 0.6 is 31.9 Å². The van der Waals surface area contributed by atoms with Crippen LogP contribution in [0.25, 0.3) is 0 Å². The van der Waals surface area contributed by atoms with Gasteiger partial charge >= 0.3 is 6.18 Å². The van der Waals surface area contributed by atoms with Gasteiger partial charge in [0.25, 0.3) is 0 Å². The van der Waals surface area contributed by atoms with Crippen LogP contribution in [0.15, 0.2) is 16.6 Å². The van der Waals surface area contributed by atoms with Crippen molar-refractivity contribution in [1.82, 2.24) is 0 Å². The quantitative estimate of drug-likeness (QED) is 0.531. The van der Waals surface area contributed by atoms with Gasteiger partial charge in [-0.3, -0.25) is 0 Å². The summed E-state index contributed by atoms with van der Waals surface area (Å²) in [4.78, 5) is -0.977. The molecule has 1 atom stereocenters. The molecule has 0 spiro atoms. The lowest BCUT2D eigenvalue weighted by molar-refractivity contribution is -0.134. The molecular formula is C10H8Br2F4O. The zero-order valence-electron chi connectivity index (χ0n) is 8.62. The number of hydrogen-bond donors (Lipinski definition) is 0. The molecule has 0 N–H and O–H groups in total. The summed E-state index contributed by atoms with van der Waals surface area (Å²) < 4.78 is 54.9. The van der Waals surface area contributed by atoms with E-state index in [1.165, 1.54) is 13.2 Å². The molecule has 1 nitrogen and oxygen atoms in total. The Morgan fingerprint density at radius 3 is 2.41 bits per heavy atom. The van der Waals surface area contributed by atoms with Crippen molar-refractivity contribution < 1.29 is 22.3 Å². The first-order chi connectivity index (χ1) is 7.74. The molecule has 1 aromatic carbocycles. The highest BCUT2D eigenvalue weighted by Gasteiger charge is 2.32. The van der Waals surface area contributed by atoms with E-state index >= 15 is 0 Å². The SMILES string of the molecule is COc1cc(F)c(Br)cc1C(Br)CC(F)(F)F. The molecule has 17 heavy (non-hydrogen) atoms. The van der Waals surface area contributed by atoms with E-state index in [2.05, 4.69) is 31.9 Å². The van der Waals surface area contributed by atoms with Crippen molar-refractivity contribution in [3.05, 3.63) is 28.0 Å². The van der Waals surface area contributed by atoms with Crippen LogP contribution in [0.3, 0.4) is 0 Å². The van der Waals surface area contributed by atoms with Gasteiger partial charge in [-0.2, -0.15) is 13.2 Å². The maximum atomic E-state index is 13.2. The molecule has 1 unspecified atom stereocenters. The summed E-state index contributed by atoms with van der Waals surface area (Å²) in [6.07, 6.45) is -5.36. The number of benzene rings is 1. The fourth-order valence-electron chi connectivity index (χ4n) is 1.28. The lowest BCUT2D eigenvalue weighted by atomic mass is 10.1. The first kappa shape index (κ1) is 14.8. The fourth-order valence-corrected chi connectivity index (χ4v) is 2.36. The van der Waals surface area contributed by atoms with Crippen LogP contribution in [0, 0.1) is 5.82 Å². The van der Waals surface area contributed by atoms with Crippen LogP contribution in [0.2, 0.25) is 0 Å². The second-order valence-corrected chi connectivity index (χ2v) is 5.25. The molecule has 0 heterocycles. The van der Waals surface area contributed by atoms with Gasteiger partial charge in [0.2, 0.25) is 0 Å². The molecule has 0 aliphatic rings. The summed E-state index contributed by atoms with van der Waals surface area (Å²) in [5.74, 6) is -0.505. The van der Waals surface area contributed by atoms with Gasteiger partial charge in [-0.25, -0.2) is 4.39 Å². The van der Waals surface area contributed by atoms with Crippen LogP contribution in [0.1, 0.15) is 16.8 Å². The molecule has 0 saturated carbocycles. The van der Waals surface area contributed by atoms with Crippen LogP contribution in [-0.2, 0) is 0 Å². The normalized spacial score (nSPS) is 13.6. The molecule has 7 heteroatoms. The summed E-state index contributed by atoms with van der Waals surface area (Å²) >= 11 is 5.85. The highest BCUT2D eigenvalue weighted by molar-refractivity contribution is 9.10. The Kier molecular flexibility index (Phi) is 4.83. The molecule has 0 amide bonds. The number of ether oxygens (including phenoxy) is 1. The van der Waals surface area contributed by atoms with Crippen molar-refractivity contribution in [2.24, 2.45) is 0 Å². The molecule has 0 aromatic heterocycles. The Labute approximate surface area is 112 Å². The molecule has 1 aromatic rings. The van der Waals surface area contributed by atoms with Gasteiger partial charge in [0.05, 0.1) is 22.8 Å². The maximum Gasteiger partial charge on any atom is 0.390 e. The standard InChI is InChI=1S/C10H8Br2F4O/c1-17-9-3-8(13)6(11)2-5(9)7(12)4-10(14,15)16/h2-3,7H,4H2,1H3. The lowest BCUT2D eigenvalue weighted by Gasteiger charge is -2.16. The molecule has 96 valence electrons. The second-order valence-electron chi connectivity index (χ2n) is 3.30. The fraction of sp³-hybridized carbons (Fsp3) is 0.400. The summed E-state index contributed by atoms with van der Waals surface area (Å²) in [7, 11) is 1.28.